The molecule has 1 unspecified atom stereocenters. The van der Waals surface area contributed by atoms with Crippen LogP contribution in [0.1, 0.15) is 22.6 Å². The van der Waals surface area contributed by atoms with Crippen molar-refractivity contribution in [2.24, 2.45) is 0 Å². The Labute approximate surface area is 117 Å². The summed E-state index contributed by atoms with van der Waals surface area (Å²) in [6.07, 6.45) is 0.685. The largest absolute Gasteiger partial charge is 0.396 e. The molecule has 0 fully saturated rings. The van der Waals surface area contributed by atoms with Gasteiger partial charge >= 0.3 is 0 Å². The van der Waals surface area contributed by atoms with E-state index in [1.54, 1.807) is 6.07 Å². The summed E-state index contributed by atoms with van der Waals surface area (Å²) < 4.78 is 13.1. The molecule has 0 saturated carbocycles. The molecule has 1 nitrogen and oxygen atoms in total. The van der Waals surface area contributed by atoms with Crippen LogP contribution in [0.3, 0.4) is 0 Å². The van der Waals surface area contributed by atoms with E-state index in [0.29, 0.717) is 11.4 Å². The maximum atomic E-state index is 13.1. The molecule has 0 amide bonds. The van der Waals surface area contributed by atoms with Gasteiger partial charge in [-0.05, 0) is 54.3 Å². The van der Waals surface area contributed by atoms with Crippen LogP contribution in [0.2, 0.25) is 5.02 Å². The SMILES string of the molecule is Cc1cc(F)ccc1CC(CO)c1ccc(Cl)cc1. The number of rotatable bonds is 4. The van der Waals surface area contributed by atoms with E-state index < -0.39 is 0 Å². The van der Waals surface area contributed by atoms with Gasteiger partial charge < -0.3 is 5.11 Å². The van der Waals surface area contributed by atoms with Crippen LogP contribution in [0.5, 0.6) is 0 Å². The Hall–Kier alpha value is -1.38. The molecule has 0 saturated heterocycles. The van der Waals surface area contributed by atoms with Gasteiger partial charge in [0.1, 0.15) is 5.82 Å². The average molecular weight is 279 g/mol. The van der Waals surface area contributed by atoms with E-state index in [2.05, 4.69) is 0 Å². The van der Waals surface area contributed by atoms with Gasteiger partial charge in [0, 0.05) is 10.9 Å². The van der Waals surface area contributed by atoms with Crippen molar-refractivity contribution in [2.75, 3.05) is 6.61 Å². The molecule has 0 aliphatic rings. The van der Waals surface area contributed by atoms with Crippen molar-refractivity contribution in [3.05, 3.63) is 70.0 Å². The Bertz CT molecular complexity index is 551. The zero-order valence-corrected chi connectivity index (χ0v) is 11.5. The van der Waals surface area contributed by atoms with E-state index in [0.717, 1.165) is 16.7 Å². The number of hydrogen-bond donors (Lipinski definition) is 1. The number of benzene rings is 2. The molecule has 1 N–H and O–H groups in total. The lowest BCUT2D eigenvalue weighted by molar-refractivity contribution is 0.264. The van der Waals surface area contributed by atoms with E-state index in [-0.39, 0.29) is 18.3 Å². The van der Waals surface area contributed by atoms with Gasteiger partial charge in [0.25, 0.3) is 0 Å². The molecule has 2 aromatic carbocycles. The summed E-state index contributed by atoms with van der Waals surface area (Å²) in [6.45, 7) is 1.94. The van der Waals surface area contributed by atoms with E-state index in [4.69, 9.17) is 11.6 Å². The average Bonchev–Trinajstić information content (AvgIpc) is 2.39. The van der Waals surface area contributed by atoms with Crippen molar-refractivity contribution in [1.29, 1.82) is 0 Å². The van der Waals surface area contributed by atoms with Crippen LogP contribution in [0.15, 0.2) is 42.5 Å². The molecule has 2 rings (SSSR count). The van der Waals surface area contributed by atoms with Crippen LogP contribution in [-0.4, -0.2) is 11.7 Å². The maximum absolute atomic E-state index is 13.1. The zero-order chi connectivity index (χ0) is 13.8. The monoisotopic (exact) mass is 278 g/mol. The first-order valence-electron chi connectivity index (χ1n) is 6.21. The molecule has 19 heavy (non-hydrogen) atoms. The molecule has 0 bridgehead atoms. The Morgan fingerprint density at radius 1 is 1.16 bits per heavy atom. The van der Waals surface area contributed by atoms with Gasteiger partial charge in [0.15, 0.2) is 0 Å². The molecule has 0 spiro atoms. The molecule has 0 aliphatic carbocycles. The van der Waals surface area contributed by atoms with Crippen LogP contribution in [0.25, 0.3) is 0 Å². The summed E-state index contributed by atoms with van der Waals surface area (Å²) in [6, 6.07) is 12.2. The lowest BCUT2D eigenvalue weighted by atomic mass is 9.91. The maximum Gasteiger partial charge on any atom is 0.123 e. The summed E-state index contributed by atoms with van der Waals surface area (Å²) in [5, 5.41) is 10.2. The first kappa shape index (κ1) is 14.0. The fraction of sp³-hybridized carbons (Fsp3) is 0.250. The molecule has 2 aromatic rings. The second-order valence-corrected chi connectivity index (χ2v) is 5.14. The standard InChI is InChI=1S/C16H16ClFO/c1-11-8-16(18)7-4-13(11)9-14(10-19)12-2-5-15(17)6-3-12/h2-8,14,19H,9-10H2,1H3. The molecule has 0 heterocycles. The quantitative estimate of drug-likeness (QED) is 0.892. The number of aliphatic hydroxyl groups excluding tert-OH is 1. The Kier molecular flexibility index (Phi) is 4.56. The topological polar surface area (TPSA) is 20.2 Å². The third-order valence-corrected chi connectivity index (χ3v) is 3.58. The van der Waals surface area contributed by atoms with Crippen LogP contribution in [-0.2, 0) is 6.42 Å². The zero-order valence-electron chi connectivity index (χ0n) is 10.7. The molecular weight excluding hydrogens is 263 g/mol. The van der Waals surface area contributed by atoms with Gasteiger partial charge in [-0.25, -0.2) is 4.39 Å². The first-order valence-corrected chi connectivity index (χ1v) is 6.59. The summed E-state index contributed by atoms with van der Waals surface area (Å²) in [5.41, 5.74) is 3.00. The second-order valence-electron chi connectivity index (χ2n) is 4.71. The highest BCUT2D eigenvalue weighted by molar-refractivity contribution is 6.30. The smallest absolute Gasteiger partial charge is 0.123 e. The summed E-state index contributed by atoms with van der Waals surface area (Å²) in [7, 11) is 0. The lowest BCUT2D eigenvalue weighted by Crippen LogP contribution is -2.08. The van der Waals surface area contributed by atoms with Crippen molar-refractivity contribution < 1.29 is 9.50 Å². The van der Waals surface area contributed by atoms with Crippen LogP contribution >= 0.6 is 11.6 Å². The second kappa shape index (κ2) is 6.18. The van der Waals surface area contributed by atoms with Crippen molar-refractivity contribution in [3.63, 3.8) is 0 Å². The summed E-state index contributed by atoms with van der Waals surface area (Å²) >= 11 is 5.86. The highest BCUT2D eigenvalue weighted by atomic mass is 35.5. The fourth-order valence-electron chi connectivity index (χ4n) is 2.18. The minimum atomic E-state index is -0.228. The first-order chi connectivity index (χ1) is 9.10. The number of hydrogen-bond acceptors (Lipinski definition) is 1. The van der Waals surface area contributed by atoms with Crippen molar-refractivity contribution in [2.45, 2.75) is 19.3 Å². The predicted octanol–water partition coefficient (Wildman–Crippen LogP) is 4.11. The summed E-state index contributed by atoms with van der Waals surface area (Å²) in [5.74, 6) is -0.227. The van der Waals surface area contributed by atoms with E-state index >= 15 is 0 Å². The minimum absolute atomic E-state index is 0.00132. The third kappa shape index (κ3) is 3.55. The molecule has 0 aromatic heterocycles. The predicted molar refractivity (Wildman–Crippen MR) is 76.1 cm³/mol. The molecule has 0 radical (unpaired) electrons. The Morgan fingerprint density at radius 3 is 2.42 bits per heavy atom. The Balaban J connectivity index is 2.21. The molecule has 100 valence electrons. The van der Waals surface area contributed by atoms with Crippen molar-refractivity contribution in [1.82, 2.24) is 0 Å². The van der Waals surface area contributed by atoms with Crippen LogP contribution < -0.4 is 0 Å². The van der Waals surface area contributed by atoms with Gasteiger partial charge in [-0.15, -0.1) is 0 Å². The summed E-state index contributed by atoms with van der Waals surface area (Å²) in [4.78, 5) is 0. The van der Waals surface area contributed by atoms with Crippen molar-refractivity contribution in [3.8, 4) is 0 Å². The van der Waals surface area contributed by atoms with Gasteiger partial charge in [-0.1, -0.05) is 29.8 Å². The molecule has 1 atom stereocenters. The molecule has 3 heteroatoms. The third-order valence-electron chi connectivity index (χ3n) is 3.33. The van der Waals surface area contributed by atoms with Crippen LogP contribution in [0.4, 0.5) is 4.39 Å². The number of halogens is 2. The molecule has 0 aliphatic heterocycles. The van der Waals surface area contributed by atoms with E-state index in [1.807, 2.05) is 31.2 Å². The van der Waals surface area contributed by atoms with Crippen LogP contribution in [0, 0.1) is 12.7 Å². The van der Waals surface area contributed by atoms with E-state index in [1.165, 1.54) is 12.1 Å². The minimum Gasteiger partial charge on any atom is -0.396 e. The van der Waals surface area contributed by atoms with Gasteiger partial charge in [-0.3, -0.25) is 0 Å². The highest BCUT2D eigenvalue weighted by Gasteiger charge is 2.13. The van der Waals surface area contributed by atoms with Crippen molar-refractivity contribution >= 4 is 11.6 Å². The normalized spacial score (nSPS) is 12.4. The number of aliphatic hydroxyl groups is 1. The van der Waals surface area contributed by atoms with Gasteiger partial charge in [0.2, 0.25) is 0 Å². The molecular formula is C16H16ClFO. The van der Waals surface area contributed by atoms with Gasteiger partial charge in [-0.2, -0.15) is 0 Å². The fourth-order valence-corrected chi connectivity index (χ4v) is 2.30. The van der Waals surface area contributed by atoms with E-state index in [9.17, 15) is 9.50 Å². The highest BCUT2D eigenvalue weighted by Crippen LogP contribution is 2.24. The lowest BCUT2D eigenvalue weighted by Gasteiger charge is -2.16. The number of aryl methyl sites for hydroxylation is 1. The Morgan fingerprint density at radius 2 is 1.84 bits per heavy atom. The van der Waals surface area contributed by atoms with Gasteiger partial charge in [0.05, 0.1) is 6.61 Å².